The second-order valence-electron chi connectivity index (χ2n) is 12.1. The summed E-state index contributed by atoms with van der Waals surface area (Å²) in [4.78, 5) is 61.7. The highest BCUT2D eigenvalue weighted by Gasteiger charge is 2.76. The molecule has 3 fully saturated rings. The van der Waals surface area contributed by atoms with E-state index in [4.69, 9.17) is 21.1 Å². The quantitative estimate of drug-likeness (QED) is 0.220. The molecule has 8 nitrogen and oxygen atoms in total. The number of ketones is 2. The van der Waals surface area contributed by atoms with Crippen LogP contribution in [0.5, 0.6) is 0 Å². The molecular formula is C29H39ClO8. The van der Waals surface area contributed by atoms with Gasteiger partial charge in [0.1, 0.15) is 6.29 Å². The number of esters is 2. The molecule has 4 aliphatic carbocycles. The van der Waals surface area contributed by atoms with E-state index >= 15 is 0 Å². The fourth-order valence-corrected chi connectivity index (χ4v) is 9.13. The van der Waals surface area contributed by atoms with Crippen LogP contribution < -0.4 is 0 Å². The highest BCUT2D eigenvalue weighted by atomic mass is 35.5. The minimum atomic E-state index is -1.59. The van der Waals surface area contributed by atoms with Crippen LogP contribution in [-0.4, -0.2) is 58.1 Å². The number of halogens is 1. The third kappa shape index (κ3) is 3.76. The number of ether oxygens (including phenoxy) is 2. The van der Waals surface area contributed by atoms with E-state index in [1.54, 1.807) is 19.9 Å². The van der Waals surface area contributed by atoms with Crippen molar-refractivity contribution in [1.82, 2.24) is 0 Å². The first kappa shape index (κ1) is 28.9. The number of aliphatic hydroxyl groups is 1. The van der Waals surface area contributed by atoms with E-state index in [0.29, 0.717) is 25.5 Å². The Labute approximate surface area is 228 Å². The molecule has 210 valence electrons. The van der Waals surface area contributed by atoms with Crippen molar-refractivity contribution in [1.29, 1.82) is 0 Å². The predicted molar refractivity (Wildman–Crippen MR) is 138 cm³/mol. The minimum absolute atomic E-state index is 0.0655. The summed E-state index contributed by atoms with van der Waals surface area (Å²) in [5.74, 6) is -3.47. The molecule has 3 saturated carbocycles. The first-order valence-electron chi connectivity index (χ1n) is 13.7. The van der Waals surface area contributed by atoms with E-state index in [-0.39, 0.29) is 43.3 Å². The van der Waals surface area contributed by atoms with Gasteiger partial charge in [-0.05, 0) is 50.0 Å². The van der Waals surface area contributed by atoms with Gasteiger partial charge in [-0.2, -0.15) is 0 Å². The zero-order valence-corrected chi connectivity index (χ0v) is 23.6. The standard InChI is InChI=1S/C29H39ClO8/c1-6-24(35)37-15-23(34)29(38-25(36)7-2)16(3)10-20-19-9-8-18-11-21(32)17(14-31)12-26(18,4)28(19,30)22(33)13-27(20,29)5/h11,14,16-17,19-20,22,33H,6-10,12-13,15H2,1-5H3/t16-,17?,19-,20-,22-,26-,27-,28-,29-/m0/s1. The molecule has 1 unspecified atom stereocenters. The molecule has 0 amide bonds. The number of aliphatic hydroxyl groups excluding tert-OH is 1. The van der Waals surface area contributed by atoms with Crippen LogP contribution in [0.25, 0.3) is 0 Å². The molecule has 1 N–H and O–H groups in total. The summed E-state index contributed by atoms with van der Waals surface area (Å²) in [6.45, 7) is 8.46. The largest absolute Gasteiger partial charge is 0.457 e. The van der Waals surface area contributed by atoms with Crippen molar-refractivity contribution in [3.05, 3.63) is 11.6 Å². The van der Waals surface area contributed by atoms with Gasteiger partial charge >= 0.3 is 11.9 Å². The lowest BCUT2D eigenvalue weighted by molar-refractivity contribution is -0.205. The average Bonchev–Trinajstić information content (AvgIpc) is 3.09. The summed E-state index contributed by atoms with van der Waals surface area (Å²) in [7, 11) is 0. The zero-order chi connectivity index (χ0) is 28.3. The molecule has 0 spiro atoms. The SMILES string of the molecule is CCC(=O)OCC(=O)[C@@]1(OC(=O)CC)[C@@H](C)C[C@H]2[C@@H]3CCC4=CC(=O)C(C=O)C[C@]4(C)[C@@]3(Cl)[C@@H](O)C[C@@]21C. The van der Waals surface area contributed by atoms with Gasteiger partial charge < -0.3 is 19.4 Å². The second kappa shape index (κ2) is 9.84. The Hall–Kier alpha value is -2.06. The van der Waals surface area contributed by atoms with Crippen LogP contribution >= 0.6 is 11.6 Å². The van der Waals surface area contributed by atoms with Crippen molar-refractivity contribution in [3.8, 4) is 0 Å². The van der Waals surface area contributed by atoms with Gasteiger partial charge in [-0.3, -0.25) is 19.2 Å². The Morgan fingerprint density at radius 1 is 1.13 bits per heavy atom. The fraction of sp³-hybridized carbons (Fsp3) is 0.759. The van der Waals surface area contributed by atoms with Crippen molar-refractivity contribution >= 4 is 41.4 Å². The van der Waals surface area contributed by atoms with Gasteiger partial charge in [-0.15, -0.1) is 11.6 Å². The summed E-state index contributed by atoms with van der Waals surface area (Å²) in [6, 6.07) is 0. The first-order valence-corrected chi connectivity index (χ1v) is 14.1. The maximum absolute atomic E-state index is 13.9. The van der Waals surface area contributed by atoms with Crippen molar-refractivity contribution in [3.63, 3.8) is 0 Å². The Bertz CT molecular complexity index is 1080. The van der Waals surface area contributed by atoms with Crippen LogP contribution in [0.1, 0.15) is 79.6 Å². The van der Waals surface area contributed by atoms with E-state index in [9.17, 15) is 29.1 Å². The summed E-state index contributed by atoms with van der Waals surface area (Å²) >= 11 is 7.54. The van der Waals surface area contributed by atoms with Gasteiger partial charge in [0, 0.05) is 29.6 Å². The van der Waals surface area contributed by atoms with Crippen LogP contribution in [0.4, 0.5) is 0 Å². The highest BCUT2D eigenvalue weighted by molar-refractivity contribution is 6.26. The number of Topliss-reactive ketones (excluding diaryl/α,β-unsaturated/α-hetero) is 1. The lowest BCUT2D eigenvalue weighted by atomic mass is 9.44. The maximum atomic E-state index is 13.9. The third-order valence-corrected chi connectivity index (χ3v) is 11.4. The molecule has 9 heteroatoms. The van der Waals surface area contributed by atoms with Crippen molar-refractivity contribution in [2.24, 2.45) is 34.5 Å². The smallest absolute Gasteiger partial charge is 0.306 e. The molecule has 38 heavy (non-hydrogen) atoms. The fourth-order valence-electron chi connectivity index (χ4n) is 8.60. The van der Waals surface area contributed by atoms with E-state index in [2.05, 4.69) is 0 Å². The van der Waals surface area contributed by atoms with Gasteiger partial charge in [0.15, 0.2) is 18.0 Å². The number of rotatable bonds is 7. The van der Waals surface area contributed by atoms with Gasteiger partial charge in [-0.25, -0.2) is 0 Å². The summed E-state index contributed by atoms with van der Waals surface area (Å²) < 4.78 is 11.3. The number of hydrogen-bond acceptors (Lipinski definition) is 8. The van der Waals surface area contributed by atoms with Crippen LogP contribution in [0.15, 0.2) is 11.6 Å². The van der Waals surface area contributed by atoms with E-state index in [0.717, 1.165) is 5.57 Å². The van der Waals surface area contributed by atoms with Gasteiger partial charge in [0.05, 0.1) is 16.9 Å². The Kier molecular flexibility index (Phi) is 7.50. The number of allylic oxidation sites excluding steroid dienone is 1. The Balaban J connectivity index is 1.81. The first-order chi connectivity index (χ1) is 17.8. The molecule has 0 aromatic carbocycles. The van der Waals surface area contributed by atoms with Crippen LogP contribution in [0.2, 0.25) is 0 Å². The van der Waals surface area contributed by atoms with E-state index in [1.165, 1.54) is 0 Å². The Morgan fingerprint density at radius 2 is 1.79 bits per heavy atom. The molecule has 9 atom stereocenters. The van der Waals surface area contributed by atoms with Crippen molar-refractivity contribution in [2.45, 2.75) is 96.1 Å². The molecule has 0 radical (unpaired) electrons. The number of carbonyl (C=O) groups is 5. The molecular weight excluding hydrogens is 512 g/mol. The zero-order valence-electron chi connectivity index (χ0n) is 22.9. The van der Waals surface area contributed by atoms with Crippen molar-refractivity contribution in [2.75, 3.05) is 6.61 Å². The van der Waals surface area contributed by atoms with Crippen LogP contribution in [0, 0.1) is 34.5 Å². The number of aldehydes is 1. The van der Waals surface area contributed by atoms with Crippen LogP contribution in [0.3, 0.4) is 0 Å². The third-order valence-electron chi connectivity index (χ3n) is 10.5. The maximum Gasteiger partial charge on any atom is 0.306 e. The molecule has 0 aliphatic heterocycles. The summed E-state index contributed by atoms with van der Waals surface area (Å²) in [5, 5.41) is 11.9. The molecule has 0 aromatic heterocycles. The topological polar surface area (TPSA) is 124 Å². The number of hydrogen-bond donors (Lipinski definition) is 1. The number of carbonyl (C=O) groups excluding carboxylic acids is 5. The summed E-state index contributed by atoms with van der Waals surface area (Å²) in [5.41, 5.74) is -2.51. The van der Waals surface area contributed by atoms with Gasteiger partial charge in [0.2, 0.25) is 5.78 Å². The van der Waals surface area contributed by atoms with E-state index < -0.39 is 63.6 Å². The van der Waals surface area contributed by atoms with E-state index in [1.807, 2.05) is 20.8 Å². The van der Waals surface area contributed by atoms with Gasteiger partial charge in [-0.1, -0.05) is 40.2 Å². The molecule has 0 bridgehead atoms. The number of alkyl halides is 1. The van der Waals surface area contributed by atoms with Gasteiger partial charge in [0.25, 0.3) is 0 Å². The highest BCUT2D eigenvalue weighted by Crippen LogP contribution is 2.72. The Morgan fingerprint density at radius 3 is 2.39 bits per heavy atom. The normalized spacial score (nSPS) is 43.7. The molecule has 0 saturated heterocycles. The minimum Gasteiger partial charge on any atom is -0.457 e. The molecule has 0 heterocycles. The van der Waals surface area contributed by atoms with Crippen molar-refractivity contribution < 1.29 is 38.6 Å². The predicted octanol–water partition coefficient (Wildman–Crippen LogP) is 3.74. The lowest BCUT2D eigenvalue weighted by Crippen LogP contribution is -2.70. The monoisotopic (exact) mass is 550 g/mol. The molecule has 4 rings (SSSR count). The molecule has 0 aromatic rings. The summed E-state index contributed by atoms with van der Waals surface area (Å²) in [6.07, 6.45) is 3.27. The average molecular weight is 551 g/mol. The molecule has 4 aliphatic rings. The van der Waals surface area contributed by atoms with Crippen LogP contribution in [-0.2, 0) is 33.4 Å². The lowest BCUT2D eigenvalue weighted by Gasteiger charge is -2.65. The number of fused-ring (bicyclic) bond motifs is 5. The second-order valence-corrected chi connectivity index (χ2v) is 12.8.